The zero-order chi connectivity index (χ0) is 10.9. The van der Waals surface area contributed by atoms with Gasteiger partial charge in [-0.15, -0.1) is 11.3 Å². The number of imidazole rings is 1. The molecular weight excluding hydrogens is 272 g/mol. The standard InChI is InChI=1S/C11H15BrN2S/c1-3-11(2,8-12)6-9-7-14-4-5-15-10(14)13-9/h4-5,7H,3,6,8H2,1-2H3. The van der Waals surface area contributed by atoms with E-state index in [4.69, 9.17) is 0 Å². The molecule has 0 aliphatic carbocycles. The summed E-state index contributed by atoms with van der Waals surface area (Å²) >= 11 is 5.28. The van der Waals surface area contributed by atoms with Gasteiger partial charge in [0.1, 0.15) is 0 Å². The van der Waals surface area contributed by atoms with Gasteiger partial charge in [0.25, 0.3) is 0 Å². The van der Waals surface area contributed by atoms with Crippen molar-refractivity contribution in [1.29, 1.82) is 0 Å². The fourth-order valence-corrected chi connectivity index (χ4v) is 2.88. The van der Waals surface area contributed by atoms with Crippen LogP contribution in [0.1, 0.15) is 26.0 Å². The van der Waals surface area contributed by atoms with E-state index in [1.54, 1.807) is 11.3 Å². The first-order chi connectivity index (χ1) is 7.17. The lowest BCUT2D eigenvalue weighted by Crippen LogP contribution is -2.20. The molecule has 0 spiro atoms. The summed E-state index contributed by atoms with van der Waals surface area (Å²) in [4.78, 5) is 5.71. The van der Waals surface area contributed by atoms with Crippen molar-refractivity contribution in [2.45, 2.75) is 26.7 Å². The van der Waals surface area contributed by atoms with E-state index >= 15 is 0 Å². The Kier molecular flexibility index (Phi) is 3.16. The van der Waals surface area contributed by atoms with Crippen LogP contribution < -0.4 is 0 Å². The Labute approximate surface area is 102 Å². The summed E-state index contributed by atoms with van der Waals surface area (Å²) in [5.74, 6) is 0. The second kappa shape index (κ2) is 4.26. The van der Waals surface area contributed by atoms with Crippen LogP contribution in [0.4, 0.5) is 0 Å². The van der Waals surface area contributed by atoms with Gasteiger partial charge in [0.05, 0.1) is 5.69 Å². The smallest absolute Gasteiger partial charge is 0.193 e. The normalized spacial score (nSPS) is 15.7. The van der Waals surface area contributed by atoms with E-state index in [9.17, 15) is 0 Å². The Morgan fingerprint density at radius 1 is 1.60 bits per heavy atom. The summed E-state index contributed by atoms with van der Waals surface area (Å²) in [5.41, 5.74) is 1.52. The molecular formula is C11H15BrN2S. The van der Waals surface area contributed by atoms with E-state index in [0.717, 1.165) is 16.7 Å². The maximum absolute atomic E-state index is 4.61. The van der Waals surface area contributed by atoms with Crippen LogP contribution in [0.3, 0.4) is 0 Å². The average molecular weight is 287 g/mol. The third kappa shape index (κ3) is 2.26. The lowest BCUT2D eigenvalue weighted by molar-refractivity contribution is 0.358. The molecule has 0 bridgehead atoms. The Morgan fingerprint density at radius 2 is 2.40 bits per heavy atom. The molecule has 0 aliphatic heterocycles. The van der Waals surface area contributed by atoms with Gasteiger partial charge in [0.15, 0.2) is 4.96 Å². The molecule has 0 saturated carbocycles. The van der Waals surface area contributed by atoms with Crippen molar-refractivity contribution in [3.05, 3.63) is 23.5 Å². The zero-order valence-corrected chi connectivity index (χ0v) is 11.4. The van der Waals surface area contributed by atoms with Crippen molar-refractivity contribution in [3.8, 4) is 0 Å². The van der Waals surface area contributed by atoms with E-state index in [1.807, 2.05) is 0 Å². The minimum Gasteiger partial charge on any atom is -0.297 e. The van der Waals surface area contributed by atoms with Crippen molar-refractivity contribution >= 4 is 32.2 Å². The van der Waals surface area contributed by atoms with Crippen molar-refractivity contribution in [3.63, 3.8) is 0 Å². The Bertz CT molecular complexity index is 414. The topological polar surface area (TPSA) is 17.3 Å². The molecule has 0 aromatic carbocycles. The van der Waals surface area contributed by atoms with Gasteiger partial charge in [0.2, 0.25) is 0 Å². The maximum atomic E-state index is 4.61. The summed E-state index contributed by atoms with van der Waals surface area (Å²) < 4.78 is 2.10. The van der Waals surface area contributed by atoms with Crippen LogP contribution >= 0.6 is 27.3 Å². The van der Waals surface area contributed by atoms with E-state index in [2.05, 4.69) is 56.9 Å². The molecule has 0 radical (unpaired) electrons. The van der Waals surface area contributed by atoms with E-state index in [0.29, 0.717) is 5.41 Å². The number of thiazole rings is 1. The molecule has 0 aliphatic rings. The van der Waals surface area contributed by atoms with Gasteiger partial charge in [-0.1, -0.05) is 29.8 Å². The molecule has 0 amide bonds. The first-order valence-electron chi connectivity index (χ1n) is 5.14. The molecule has 2 nitrogen and oxygen atoms in total. The van der Waals surface area contributed by atoms with Gasteiger partial charge in [0, 0.05) is 23.1 Å². The van der Waals surface area contributed by atoms with Gasteiger partial charge in [-0.2, -0.15) is 0 Å². The van der Waals surface area contributed by atoms with Crippen molar-refractivity contribution in [2.75, 3.05) is 5.33 Å². The monoisotopic (exact) mass is 286 g/mol. The van der Waals surface area contributed by atoms with Gasteiger partial charge in [-0.3, -0.25) is 4.40 Å². The number of hydrogen-bond donors (Lipinski definition) is 0. The summed E-state index contributed by atoms with van der Waals surface area (Å²) in [5, 5.41) is 3.09. The first kappa shape index (κ1) is 11.1. The lowest BCUT2D eigenvalue weighted by Gasteiger charge is -2.24. The molecule has 1 unspecified atom stereocenters. The summed E-state index contributed by atoms with van der Waals surface area (Å²) in [7, 11) is 0. The van der Waals surface area contributed by atoms with Gasteiger partial charge in [-0.25, -0.2) is 4.98 Å². The summed E-state index contributed by atoms with van der Waals surface area (Å²) in [6.45, 7) is 4.54. The Hall–Kier alpha value is -0.350. The highest BCUT2D eigenvalue weighted by Crippen LogP contribution is 2.28. The fourth-order valence-electron chi connectivity index (χ4n) is 1.57. The third-order valence-electron chi connectivity index (χ3n) is 2.93. The van der Waals surface area contributed by atoms with Crippen LogP contribution in [0.25, 0.3) is 4.96 Å². The number of aromatic nitrogens is 2. The minimum atomic E-state index is 0.323. The molecule has 2 rings (SSSR count). The minimum absolute atomic E-state index is 0.323. The zero-order valence-electron chi connectivity index (χ0n) is 9.03. The molecule has 0 saturated heterocycles. The highest BCUT2D eigenvalue weighted by atomic mass is 79.9. The number of fused-ring (bicyclic) bond motifs is 1. The Balaban J connectivity index is 2.21. The second-order valence-corrected chi connectivity index (χ2v) is 5.73. The third-order valence-corrected chi connectivity index (χ3v) is 5.05. The van der Waals surface area contributed by atoms with Crippen LogP contribution in [0.15, 0.2) is 17.8 Å². The number of rotatable bonds is 4. The Morgan fingerprint density at radius 3 is 3.00 bits per heavy atom. The van der Waals surface area contributed by atoms with E-state index in [1.165, 1.54) is 12.1 Å². The molecule has 0 N–H and O–H groups in total. The first-order valence-corrected chi connectivity index (χ1v) is 7.14. The molecule has 4 heteroatoms. The summed E-state index contributed by atoms with van der Waals surface area (Å²) in [6.07, 6.45) is 6.42. The molecule has 15 heavy (non-hydrogen) atoms. The molecule has 2 heterocycles. The van der Waals surface area contributed by atoms with Gasteiger partial charge < -0.3 is 0 Å². The van der Waals surface area contributed by atoms with Crippen molar-refractivity contribution in [1.82, 2.24) is 9.38 Å². The van der Waals surface area contributed by atoms with Gasteiger partial charge >= 0.3 is 0 Å². The second-order valence-electron chi connectivity index (χ2n) is 4.30. The average Bonchev–Trinajstić information content (AvgIpc) is 2.77. The molecule has 1 atom stereocenters. The maximum Gasteiger partial charge on any atom is 0.193 e. The van der Waals surface area contributed by atoms with Crippen LogP contribution in [0.5, 0.6) is 0 Å². The van der Waals surface area contributed by atoms with Crippen LogP contribution in [-0.4, -0.2) is 14.7 Å². The van der Waals surface area contributed by atoms with Crippen molar-refractivity contribution < 1.29 is 0 Å². The van der Waals surface area contributed by atoms with E-state index in [-0.39, 0.29) is 0 Å². The molecule has 2 aromatic heterocycles. The SMILES string of the molecule is CCC(C)(CBr)Cc1cn2ccsc2n1. The highest BCUT2D eigenvalue weighted by Gasteiger charge is 2.22. The molecule has 0 fully saturated rings. The number of halogens is 1. The van der Waals surface area contributed by atoms with Crippen molar-refractivity contribution in [2.24, 2.45) is 5.41 Å². The molecule has 82 valence electrons. The lowest BCUT2D eigenvalue weighted by atomic mass is 9.85. The van der Waals surface area contributed by atoms with Crippen LogP contribution in [0.2, 0.25) is 0 Å². The number of hydrogen-bond acceptors (Lipinski definition) is 2. The highest BCUT2D eigenvalue weighted by molar-refractivity contribution is 9.09. The predicted octanol–water partition coefficient (Wildman–Crippen LogP) is 3.75. The fraction of sp³-hybridized carbons (Fsp3) is 0.545. The molecule has 2 aromatic rings. The number of nitrogens with zero attached hydrogens (tertiary/aromatic N) is 2. The van der Waals surface area contributed by atoms with Crippen LogP contribution in [0, 0.1) is 5.41 Å². The largest absolute Gasteiger partial charge is 0.297 e. The van der Waals surface area contributed by atoms with E-state index < -0.39 is 0 Å². The summed E-state index contributed by atoms with van der Waals surface area (Å²) in [6, 6.07) is 0. The predicted molar refractivity (Wildman–Crippen MR) is 69.0 cm³/mol. The van der Waals surface area contributed by atoms with Gasteiger partial charge in [-0.05, 0) is 18.3 Å². The van der Waals surface area contributed by atoms with Crippen LogP contribution in [-0.2, 0) is 6.42 Å². The number of alkyl halides is 1. The quantitative estimate of drug-likeness (QED) is 0.783.